The van der Waals surface area contributed by atoms with Crippen LogP contribution in [0.1, 0.15) is 5.56 Å². The zero-order valence-electron chi connectivity index (χ0n) is 10.8. The van der Waals surface area contributed by atoms with Crippen molar-refractivity contribution in [3.05, 3.63) is 54.1 Å². The number of aromatic amines is 1. The Hall–Kier alpha value is -2.62. The van der Waals surface area contributed by atoms with Crippen molar-refractivity contribution in [1.29, 1.82) is 0 Å². The maximum atomic E-state index is 5.52. The van der Waals surface area contributed by atoms with E-state index in [4.69, 9.17) is 4.74 Å². The van der Waals surface area contributed by atoms with Crippen molar-refractivity contribution in [1.82, 2.24) is 15.2 Å². The second-order valence-corrected chi connectivity index (χ2v) is 4.79. The molecule has 0 amide bonds. The van der Waals surface area contributed by atoms with E-state index in [0.29, 0.717) is 0 Å². The number of rotatable bonds is 2. The van der Waals surface area contributed by atoms with Crippen LogP contribution in [0.3, 0.4) is 0 Å². The fourth-order valence-electron chi connectivity index (χ4n) is 2.44. The summed E-state index contributed by atoms with van der Waals surface area (Å²) in [5, 5.41) is 7.31. The molecular weight excluding hydrogens is 250 g/mol. The summed E-state index contributed by atoms with van der Waals surface area (Å²) in [5.74, 6) is 2.49. The fraction of sp³-hybridized carbons (Fsp3) is 0.125. The third kappa shape index (κ3) is 1.86. The molecule has 98 valence electrons. The van der Waals surface area contributed by atoms with Gasteiger partial charge in [-0.25, -0.2) is 4.98 Å². The van der Waals surface area contributed by atoms with Crippen molar-refractivity contribution in [3.8, 4) is 28.5 Å². The Balaban J connectivity index is 1.72. The van der Waals surface area contributed by atoms with Crippen LogP contribution in [0.15, 0.2) is 48.5 Å². The predicted molar refractivity (Wildman–Crippen MR) is 76.5 cm³/mol. The number of hydrogen-bond acceptors (Lipinski definition) is 3. The van der Waals surface area contributed by atoms with Crippen molar-refractivity contribution >= 4 is 0 Å². The fourth-order valence-corrected chi connectivity index (χ4v) is 2.44. The molecule has 20 heavy (non-hydrogen) atoms. The van der Waals surface area contributed by atoms with Crippen LogP contribution in [-0.4, -0.2) is 21.8 Å². The van der Waals surface area contributed by atoms with Crippen LogP contribution in [0.2, 0.25) is 0 Å². The van der Waals surface area contributed by atoms with Gasteiger partial charge in [0.1, 0.15) is 5.75 Å². The molecule has 1 aliphatic heterocycles. The second-order valence-electron chi connectivity index (χ2n) is 4.79. The van der Waals surface area contributed by atoms with Gasteiger partial charge in [-0.2, -0.15) is 5.10 Å². The van der Waals surface area contributed by atoms with Gasteiger partial charge in [0.05, 0.1) is 6.61 Å². The minimum absolute atomic E-state index is 0.721. The van der Waals surface area contributed by atoms with Gasteiger partial charge in [0.15, 0.2) is 11.6 Å². The van der Waals surface area contributed by atoms with Crippen molar-refractivity contribution in [3.63, 3.8) is 0 Å². The molecule has 4 rings (SSSR count). The lowest BCUT2D eigenvalue weighted by molar-refractivity contribution is 0.357. The highest BCUT2D eigenvalue weighted by Gasteiger charge is 2.14. The summed E-state index contributed by atoms with van der Waals surface area (Å²) in [6.45, 7) is 0.766. The van der Waals surface area contributed by atoms with E-state index in [2.05, 4.69) is 21.2 Å². The minimum Gasteiger partial charge on any atom is -0.493 e. The SMILES string of the molecule is c1ccc(-c2nc(-c3ccc4c(c3)CCO4)n[nH]2)cc1. The Morgan fingerprint density at radius 2 is 1.90 bits per heavy atom. The summed E-state index contributed by atoms with van der Waals surface area (Å²) in [7, 11) is 0. The van der Waals surface area contributed by atoms with E-state index in [0.717, 1.165) is 41.6 Å². The third-order valence-corrected chi connectivity index (χ3v) is 3.48. The van der Waals surface area contributed by atoms with Crippen LogP contribution >= 0.6 is 0 Å². The van der Waals surface area contributed by atoms with Crippen molar-refractivity contribution < 1.29 is 4.74 Å². The Bertz CT molecular complexity index is 749. The average Bonchev–Trinajstić information content (AvgIpc) is 3.16. The van der Waals surface area contributed by atoms with Crippen LogP contribution in [0, 0.1) is 0 Å². The van der Waals surface area contributed by atoms with Crippen molar-refractivity contribution in [2.45, 2.75) is 6.42 Å². The number of hydrogen-bond donors (Lipinski definition) is 1. The minimum atomic E-state index is 0.721. The Labute approximate surface area is 116 Å². The van der Waals surface area contributed by atoms with Gasteiger partial charge >= 0.3 is 0 Å². The summed E-state index contributed by atoms with van der Waals surface area (Å²) in [6, 6.07) is 16.1. The number of nitrogens with one attached hydrogen (secondary N) is 1. The van der Waals surface area contributed by atoms with Gasteiger partial charge < -0.3 is 4.74 Å². The first kappa shape index (κ1) is 11.2. The molecule has 0 radical (unpaired) electrons. The van der Waals surface area contributed by atoms with Crippen LogP contribution < -0.4 is 4.74 Å². The van der Waals surface area contributed by atoms with Gasteiger partial charge in [-0.05, 0) is 23.8 Å². The average molecular weight is 263 g/mol. The number of benzene rings is 2. The quantitative estimate of drug-likeness (QED) is 0.773. The molecule has 4 nitrogen and oxygen atoms in total. The third-order valence-electron chi connectivity index (χ3n) is 3.48. The Morgan fingerprint density at radius 1 is 1.00 bits per heavy atom. The molecule has 4 heteroatoms. The second kappa shape index (κ2) is 4.49. The maximum Gasteiger partial charge on any atom is 0.181 e. The van der Waals surface area contributed by atoms with Crippen LogP contribution in [0.4, 0.5) is 0 Å². The molecule has 1 aliphatic rings. The smallest absolute Gasteiger partial charge is 0.181 e. The van der Waals surface area contributed by atoms with E-state index in [1.807, 2.05) is 42.5 Å². The van der Waals surface area contributed by atoms with E-state index in [1.54, 1.807) is 0 Å². The van der Waals surface area contributed by atoms with Gasteiger partial charge in [-0.15, -0.1) is 0 Å². The van der Waals surface area contributed by atoms with Crippen molar-refractivity contribution in [2.75, 3.05) is 6.61 Å². The summed E-state index contributed by atoms with van der Waals surface area (Å²) in [5.41, 5.74) is 3.29. The molecule has 1 aromatic heterocycles. The molecule has 0 unspecified atom stereocenters. The van der Waals surface area contributed by atoms with E-state index < -0.39 is 0 Å². The zero-order chi connectivity index (χ0) is 13.4. The molecule has 0 bridgehead atoms. The molecule has 3 aromatic rings. The highest BCUT2D eigenvalue weighted by atomic mass is 16.5. The van der Waals surface area contributed by atoms with Gasteiger partial charge in [0.25, 0.3) is 0 Å². The summed E-state index contributed by atoms with van der Waals surface area (Å²) < 4.78 is 5.52. The number of H-pyrrole nitrogens is 1. The number of ether oxygens (including phenoxy) is 1. The van der Waals surface area contributed by atoms with Gasteiger partial charge in [-0.1, -0.05) is 30.3 Å². The zero-order valence-corrected chi connectivity index (χ0v) is 10.8. The number of fused-ring (bicyclic) bond motifs is 1. The Kier molecular flexibility index (Phi) is 2.52. The lowest BCUT2D eigenvalue weighted by atomic mass is 10.1. The molecule has 0 spiro atoms. The Morgan fingerprint density at radius 3 is 2.80 bits per heavy atom. The van der Waals surface area contributed by atoms with E-state index in [1.165, 1.54) is 5.56 Å². The standard InChI is InChI=1S/C16H13N3O/c1-2-4-11(5-3-1)15-17-16(19-18-15)13-6-7-14-12(10-13)8-9-20-14/h1-7,10H,8-9H2,(H,17,18,19). The largest absolute Gasteiger partial charge is 0.493 e. The monoisotopic (exact) mass is 263 g/mol. The van der Waals surface area contributed by atoms with Crippen molar-refractivity contribution in [2.24, 2.45) is 0 Å². The predicted octanol–water partition coefficient (Wildman–Crippen LogP) is 3.07. The normalized spacial score (nSPS) is 13.0. The van der Waals surface area contributed by atoms with Crippen LogP contribution in [0.5, 0.6) is 5.75 Å². The molecule has 0 atom stereocenters. The van der Waals surface area contributed by atoms with Crippen LogP contribution in [-0.2, 0) is 6.42 Å². The highest BCUT2D eigenvalue weighted by molar-refractivity contribution is 5.63. The summed E-state index contributed by atoms with van der Waals surface area (Å²) >= 11 is 0. The first-order valence-corrected chi connectivity index (χ1v) is 6.64. The molecule has 1 N–H and O–H groups in total. The van der Waals surface area contributed by atoms with Crippen LogP contribution in [0.25, 0.3) is 22.8 Å². The molecule has 2 heterocycles. The van der Waals surface area contributed by atoms with E-state index >= 15 is 0 Å². The lowest BCUT2D eigenvalue weighted by Gasteiger charge is -2.00. The van der Waals surface area contributed by atoms with Gasteiger partial charge in [0.2, 0.25) is 0 Å². The van der Waals surface area contributed by atoms with Gasteiger partial charge in [0, 0.05) is 17.5 Å². The van der Waals surface area contributed by atoms with E-state index in [-0.39, 0.29) is 0 Å². The highest BCUT2D eigenvalue weighted by Crippen LogP contribution is 2.29. The first-order chi connectivity index (χ1) is 9.90. The summed E-state index contributed by atoms with van der Waals surface area (Å²) in [4.78, 5) is 4.57. The first-order valence-electron chi connectivity index (χ1n) is 6.64. The number of nitrogens with zero attached hydrogens (tertiary/aromatic N) is 2. The lowest BCUT2D eigenvalue weighted by Crippen LogP contribution is -1.85. The molecule has 0 saturated heterocycles. The molecule has 0 aliphatic carbocycles. The molecule has 0 fully saturated rings. The van der Waals surface area contributed by atoms with Gasteiger partial charge in [-0.3, -0.25) is 5.10 Å². The topological polar surface area (TPSA) is 50.8 Å². The molecule has 0 saturated carbocycles. The molecule has 2 aromatic carbocycles. The number of aromatic nitrogens is 3. The summed E-state index contributed by atoms with van der Waals surface area (Å²) in [6.07, 6.45) is 0.957. The maximum absolute atomic E-state index is 5.52. The molecular formula is C16H13N3O. The van der Waals surface area contributed by atoms with E-state index in [9.17, 15) is 0 Å².